The van der Waals surface area contributed by atoms with E-state index < -0.39 is 5.97 Å². The fraction of sp³-hybridized carbons (Fsp3) is 0.0588. The zero-order chi connectivity index (χ0) is 16.2. The fourth-order valence-electron chi connectivity index (χ4n) is 1.97. The van der Waals surface area contributed by atoms with E-state index in [2.05, 4.69) is 4.98 Å². The summed E-state index contributed by atoms with van der Waals surface area (Å²) in [7, 11) is 1.63. The number of hydrogen-bond donors (Lipinski definition) is 1. The van der Waals surface area contributed by atoms with Gasteiger partial charge in [0.1, 0.15) is 22.7 Å². The van der Waals surface area contributed by atoms with Crippen LogP contribution in [0.2, 0.25) is 0 Å². The standard InChI is InChI=1S/C17H13NO4S/c1-21-13-4-2-3-11(7-13)5-6-16-18-14(10-23-16)15-8-12(9-22-15)17(19)20/h2-10H,1H3,(H,19,20). The van der Waals surface area contributed by atoms with Gasteiger partial charge in [0.15, 0.2) is 5.76 Å². The Labute approximate surface area is 136 Å². The predicted molar refractivity (Wildman–Crippen MR) is 88.7 cm³/mol. The zero-order valence-corrected chi connectivity index (χ0v) is 13.0. The molecule has 5 nitrogen and oxygen atoms in total. The first kappa shape index (κ1) is 15.1. The Bertz CT molecular complexity index is 863. The second-order valence-corrected chi connectivity index (χ2v) is 5.58. The number of furan rings is 1. The minimum atomic E-state index is -1.02. The van der Waals surface area contributed by atoms with Crippen molar-refractivity contribution >= 4 is 29.5 Å². The molecular formula is C17H13NO4S. The van der Waals surface area contributed by atoms with Crippen molar-refractivity contribution in [1.29, 1.82) is 0 Å². The molecule has 0 bridgehead atoms. The smallest absolute Gasteiger partial charge is 0.338 e. The van der Waals surface area contributed by atoms with E-state index >= 15 is 0 Å². The summed E-state index contributed by atoms with van der Waals surface area (Å²) in [5.41, 5.74) is 1.74. The number of ether oxygens (including phenoxy) is 1. The van der Waals surface area contributed by atoms with Gasteiger partial charge in [0.2, 0.25) is 0 Å². The molecule has 23 heavy (non-hydrogen) atoms. The van der Waals surface area contributed by atoms with E-state index in [1.165, 1.54) is 23.7 Å². The minimum Gasteiger partial charge on any atom is -0.497 e. The quantitative estimate of drug-likeness (QED) is 0.757. The van der Waals surface area contributed by atoms with Crippen molar-refractivity contribution in [3.05, 3.63) is 58.1 Å². The van der Waals surface area contributed by atoms with E-state index in [1.54, 1.807) is 7.11 Å². The van der Waals surface area contributed by atoms with Gasteiger partial charge in [-0.2, -0.15) is 0 Å². The number of thiazole rings is 1. The number of aromatic nitrogens is 1. The number of carboxylic acids is 1. The molecular weight excluding hydrogens is 314 g/mol. The molecule has 0 atom stereocenters. The van der Waals surface area contributed by atoms with Crippen LogP contribution in [0.4, 0.5) is 0 Å². The molecule has 0 aliphatic heterocycles. The number of nitrogens with zero attached hydrogens (tertiary/aromatic N) is 1. The highest BCUT2D eigenvalue weighted by Gasteiger charge is 2.12. The van der Waals surface area contributed by atoms with E-state index in [9.17, 15) is 4.79 Å². The maximum Gasteiger partial charge on any atom is 0.338 e. The van der Waals surface area contributed by atoms with Crippen LogP contribution in [0.1, 0.15) is 20.9 Å². The number of carbonyl (C=O) groups is 1. The molecule has 116 valence electrons. The van der Waals surface area contributed by atoms with Crippen molar-refractivity contribution in [2.24, 2.45) is 0 Å². The SMILES string of the molecule is COc1cccc(C=Cc2nc(-c3cc(C(=O)O)co3)cs2)c1. The second kappa shape index (κ2) is 6.50. The Morgan fingerprint density at radius 1 is 1.35 bits per heavy atom. The minimum absolute atomic E-state index is 0.112. The average molecular weight is 327 g/mol. The van der Waals surface area contributed by atoms with Gasteiger partial charge < -0.3 is 14.3 Å². The average Bonchev–Trinajstić information content (AvgIpc) is 3.22. The lowest BCUT2D eigenvalue weighted by Gasteiger charge is -1.99. The van der Waals surface area contributed by atoms with Crippen LogP contribution in [-0.2, 0) is 0 Å². The molecule has 2 aromatic heterocycles. The van der Waals surface area contributed by atoms with Gasteiger partial charge in [-0.05, 0) is 23.8 Å². The van der Waals surface area contributed by atoms with Gasteiger partial charge in [0.05, 0.1) is 12.7 Å². The van der Waals surface area contributed by atoms with E-state index in [1.807, 2.05) is 41.8 Å². The topological polar surface area (TPSA) is 72.6 Å². The van der Waals surface area contributed by atoms with Crippen LogP contribution in [0, 0.1) is 0 Å². The summed E-state index contributed by atoms with van der Waals surface area (Å²) in [5.74, 6) is 0.219. The first-order chi connectivity index (χ1) is 11.2. The third-order valence-electron chi connectivity index (χ3n) is 3.13. The van der Waals surface area contributed by atoms with Gasteiger partial charge in [-0.15, -0.1) is 11.3 Å². The number of carboxylic acid groups (broad SMARTS) is 1. The first-order valence-corrected chi connectivity index (χ1v) is 7.63. The normalized spacial score (nSPS) is 11.0. The lowest BCUT2D eigenvalue weighted by atomic mass is 10.2. The molecule has 3 aromatic rings. The highest BCUT2D eigenvalue weighted by Crippen LogP contribution is 2.25. The molecule has 1 N–H and O–H groups in total. The van der Waals surface area contributed by atoms with Crippen LogP contribution >= 0.6 is 11.3 Å². The Balaban J connectivity index is 1.78. The van der Waals surface area contributed by atoms with Crippen LogP contribution in [0.15, 0.2) is 46.4 Å². The lowest BCUT2D eigenvalue weighted by Crippen LogP contribution is -1.91. The van der Waals surface area contributed by atoms with Crippen LogP contribution in [0.3, 0.4) is 0 Å². The Morgan fingerprint density at radius 3 is 2.96 bits per heavy atom. The largest absolute Gasteiger partial charge is 0.497 e. The van der Waals surface area contributed by atoms with Crippen molar-refractivity contribution < 1.29 is 19.1 Å². The molecule has 0 aliphatic carbocycles. The van der Waals surface area contributed by atoms with Gasteiger partial charge in [0, 0.05) is 11.4 Å². The molecule has 0 amide bonds. The summed E-state index contributed by atoms with van der Waals surface area (Å²) >= 11 is 1.45. The molecule has 0 unspecified atom stereocenters. The third kappa shape index (κ3) is 3.49. The maximum atomic E-state index is 10.9. The molecule has 0 fully saturated rings. The van der Waals surface area contributed by atoms with E-state index in [0.29, 0.717) is 11.5 Å². The lowest BCUT2D eigenvalue weighted by molar-refractivity contribution is 0.0696. The van der Waals surface area contributed by atoms with E-state index in [0.717, 1.165) is 16.3 Å². The summed E-state index contributed by atoms with van der Waals surface area (Å²) in [6.07, 6.45) is 5.04. The van der Waals surface area contributed by atoms with Crippen molar-refractivity contribution in [2.45, 2.75) is 0 Å². The molecule has 0 saturated carbocycles. The van der Waals surface area contributed by atoms with Crippen LogP contribution in [0.25, 0.3) is 23.6 Å². The molecule has 1 aromatic carbocycles. The number of benzene rings is 1. The Kier molecular flexibility index (Phi) is 4.25. The molecule has 0 radical (unpaired) electrons. The molecule has 2 heterocycles. The third-order valence-corrected chi connectivity index (χ3v) is 3.94. The Hall–Kier alpha value is -2.86. The van der Waals surface area contributed by atoms with Gasteiger partial charge in [0.25, 0.3) is 0 Å². The van der Waals surface area contributed by atoms with Crippen LogP contribution < -0.4 is 4.74 Å². The van der Waals surface area contributed by atoms with E-state index in [-0.39, 0.29) is 5.56 Å². The molecule has 0 aliphatic rings. The highest BCUT2D eigenvalue weighted by molar-refractivity contribution is 7.10. The highest BCUT2D eigenvalue weighted by atomic mass is 32.1. The molecule has 0 saturated heterocycles. The summed E-state index contributed by atoms with van der Waals surface area (Å²) in [6.45, 7) is 0. The summed E-state index contributed by atoms with van der Waals surface area (Å²) < 4.78 is 10.4. The molecule has 0 spiro atoms. The maximum absolute atomic E-state index is 10.9. The van der Waals surface area contributed by atoms with Crippen molar-refractivity contribution in [2.75, 3.05) is 7.11 Å². The van der Waals surface area contributed by atoms with Crippen molar-refractivity contribution in [3.63, 3.8) is 0 Å². The van der Waals surface area contributed by atoms with Crippen LogP contribution in [0.5, 0.6) is 5.75 Å². The number of hydrogen-bond acceptors (Lipinski definition) is 5. The summed E-state index contributed by atoms with van der Waals surface area (Å²) in [5, 5.41) is 11.5. The van der Waals surface area contributed by atoms with Crippen molar-refractivity contribution in [3.8, 4) is 17.2 Å². The van der Waals surface area contributed by atoms with Gasteiger partial charge in [-0.3, -0.25) is 0 Å². The monoisotopic (exact) mass is 327 g/mol. The molecule has 6 heteroatoms. The zero-order valence-electron chi connectivity index (χ0n) is 12.2. The van der Waals surface area contributed by atoms with Gasteiger partial charge in [-0.1, -0.05) is 18.2 Å². The van der Waals surface area contributed by atoms with Crippen molar-refractivity contribution in [1.82, 2.24) is 4.98 Å². The van der Waals surface area contributed by atoms with E-state index in [4.69, 9.17) is 14.3 Å². The second-order valence-electron chi connectivity index (χ2n) is 4.69. The predicted octanol–water partition coefficient (Wildman–Crippen LogP) is 4.28. The number of rotatable bonds is 5. The fourth-order valence-corrected chi connectivity index (χ4v) is 2.67. The molecule has 3 rings (SSSR count). The number of aromatic carboxylic acids is 1. The Morgan fingerprint density at radius 2 is 2.22 bits per heavy atom. The summed E-state index contributed by atoms with van der Waals surface area (Å²) in [4.78, 5) is 15.3. The van der Waals surface area contributed by atoms with Gasteiger partial charge in [-0.25, -0.2) is 9.78 Å². The summed E-state index contributed by atoms with van der Waals surface area (Å²) in [6, 6.07) is 9.17. The number of methoxy groups -OCH3 is 1. The van der Waals surface area contributed by atoms with Crippen LogP contribution in [-0.4, -0.2) is 23.2 Å². The first-order valence-electron chi connectivity index (χ1n) is 6.75. The van der Waals surface area contributed by atoms with Gasteiger partial charge >= 0.3 is 5.97 Å².